The molecule has 0 aromatic heterocycles. The first-order valence-electron chi connectivity index (χ1n) is 2.45. The second-order valence-electron chi connectivity index (χ2n) is 1.31. The molecule has 0 bridgehead atoms. The fourth-order valence-electron chi connectivity index (χ4n) is 0.316. The third-order valence-corrected chi connectivity index (χ3v) is 0.666. The number of hydrogen-bond acceptors (Lipinski definition) is 2. The molecule has 0 heterocycles. The van der Waals surface area contributed by atoms with Crippen molar-refractivity contribution in [3.8, 4) is 0 Å². The molecule has 0 atom stereocenters. The van der Waals surface area contributed by atoms with Crippen LogP contribution in [0.2, 0.25) is 0 Å². The lowest BCUT2D eigenvalue weighted by Gasteiger charge is -1.75. The monoisotopic (exact) mass is 112 g/mol. The van der Waals surface area contributed by atoms with Gasteiger partial charge in [0.05, 0.1) is 0 Å². The molecule has 0 saturated heterocycles. The van der Waals surface area contributed by atoms with Crippen LogP contribution in [0.3, 0.4) is 0 Å². The molecule has 44 valence electrons. The first-order valence-corrected chi connectivity index (χ1v) is 2.45. The van der Waals surface area contributed by atoms with Gasteiger partial charge in [-0.3, -0.25) is 4.79 Å². The molecule has 0 saturated carbocycles. The Kier molecular flexibility index (Phi) is 5.38. The molecule has 0 unspecified atom stereocenters. The van der Waals surface area contributed by atoms with Gasteiger partial charge < -0.3 is 4.79 Å². The molecule has 0 N–H and O–H groups in total. The first-order chi connectivity index (χ1) is 3.91. The summed E-state index contributed by atoms with van der Waals surface area (Å²) >= 11 is 0. The molecule has 0 aliphatic rings. The molecule has 2 nitrogen and oxygen atoms in total. The van der Waals surface area contributed by atoms with Gasteiger partial charge in [-0.1, -0.05) is 6.08 Å². The Morgan fingerprint density at radius 1 is 1.12 bits per heavy atom. The van der Waals surface area contributed by atoms with Crippen molar-refractivity contribution in [2.75, 3.05) is 0 Å². The normalized spacial score (nSPS) is 9.50. The fourth-order valence-corrected chi connectivity index (χ4v) is 0.316. The topological polar surface area (TPSA) is 34.1 Å². The molecule has 0 aromatic carbocycles. The van der Waals surface area contributed by atoms with Crippen LogP contribution in [0.25, 0.3) is 0 Å². The Balaban J connectivity index is 3.02. The maximum Gasteiger partial charge on any atom is 0.142 e. The van der Waals surface area contributed by atoms with Crippen molar-refractivity contribution in [2.45, 2.75) is 12.8 Å². The predicted molar refractivity (Wildman–Crippen MR) is 30.5 cm³/mol. The van der Waals surface area contributed by atoms with Crippen molar-refractivity contribution < 1.29 is 9.59 Å². The van der Waals surface area contributed by atoms with E-state index < -0.39 is 0 Å². The highest BCUT2D eigenvalue weighted by atomic mass is 16.1. The summed E-state index contributed by atoms with van der Waals surface area (Å²) in [6.45, 7) is 0. The summed E-state index contributed by atoms with van der Waals surface area (Å²) in [7, 11) is 0. The van der Waals surface area contributed by atoms with Crippen LogP contribution in [0, 0.1) is 0 Å². The van der Waals surface area contributed by atoms with Gasteiger partial charge in [0.2, 0.25) is 0 Å². The summed E-state index contributed by atoms with van der Waals surface area (Å²) in [5, 5.41) is 0. The van der Waals surface area contributed by atoms with Gasteiger partial charge in [-0.25, -0.2) is 0 Å². The van der Waals surface area contributed by atoms with E-state index in [1.165, 1.54) is 6.08 Å². The number of carbonyl (C=O) groups is 2. The predicted octanol–water partition coefficient (Wildman–Crippen LogP) is 0.721. The molecule has 8 heavy (non-hydrogen) atoms. The number of carbonyl (C=O) groups excluding carboxylic acids is 2. The van der Waals surface area contributed by atoms with Crippen molar-refractivity contribution in [3.05, 3.63) is 12.2 Å². The minimum absolute atomic E-state index is 0.504. The number of rotatable bonds is 4. The van der Waals surface area contributed by atoms with E-state index in [0.717, 1.165) is 6.29 Å². The molecule has 0 radical (unpaired) electrons. The van der Waals surface area contributed by atoms with Crippen molar-refractivity contribution >= 4 is 12.6 Å². The van der Waals surface area contributed by atoms with Gasteiger partial charge in [-0.05, 0) is 12.5 Å². The number of allylic oxidation sites excluding steroid dienone is 2. The fraction of sp³-hybridized carbons (Fsp3) is 0.333. The van der Waals surface area contributed by atoms with E-state index in [1.54, 1.807) is 6.08 Å². The molecule has 0 spiro atoms. The van der Waals surface area contributed by atoms with E-state index in [2.05, 4.69) is 0 Å². The lowest BCUT2D eigenvalue weighted by atomic mass is 10.3. The van der Waals surface area contributed by atoms with Crippen molar-refractivity contribution in [1.82, 2.24) is 0 Å². The van der Waals surface area contributed by atoms with Gasteiger partial charge in [0.25, 0.3) is 0 Å². The average Bonchev–Trinajstić information content (AvgIpc) is 1.81. The molecule has 0 aliphatic heterocycles. The van der Waals surface area contributed by atoms with Crippen LogP contribution in [-0.2, 0) is 9.59 Å². The zero-order chi connectivity index (χ0) is 6.24. The first kappa shape index (κ1) is 7.08. The van der Waals surface area contributed by atoms with Gasteiger partial charge in [0, 0.05) is 6.42 Å². The van der Waals surface area contributed by atoms with E-state index in [1.807, 2.05) is 0 Å². The summed E-state index contributed by atoms with van der Waals surface area (Å²) in [6, 6.07) is 0. The van der Waals surface area contributed by atoms with Crippen molar-refractivity contribution in [1.29, 1.82) is 0 Å². The Bertz CT molecular complexity index is 94.7. The second-order valence-corrected chi connectivity index (χ2v) is 1.31. The Hall–Kier alpha value is -0.920. The van der Waals surface area contributed by atoms with Gasteiger partial charge in [-0.2, -0.15) is 0 Å². The number of aldehydes is 2. The highest BCUT2D eigenvalue weighted by Gasteiger charge is 1.74. The summed E-state index contributed by atoms with van der Waals surface area (Å²) < 4.78 is 0. The quantitative estimate of drug-likeness (QED) is 0.305. The third kappa shape index (κ3) is 5.08. The molecular weight excluding hydrogens is 104 g/mol. The summed E-state index contributed by atoms with van der Waals surface area (Å²) in [6.07, 6.45) is 5.76. The van der Waals surface area contributed by atoms with E-state index in [9.17, 15) is 9.59 Å². The van der Waals surface area contributed by atoms with Crippen LogP contribution >= 0.6 is 0 Å². The molecule has 0 amide bonds. The third-order valence-electron chi connectivity index (χ3n) is 0.666. The van der Waals surface area contributed by atoms with Gasteiger partial charge in [0.15, 0.2) is 0 Å². The molecule has 2 heteroatoms. The van der Waals surface area contributed by atoms with Crippen LogP contribution < -0.4 is 0 Å². The standard InChI is InChI=1S/C6H8O2/c7-5-3-1-2-4-6-8/h1,3,5-6H,2,4H2. The number of hydrogen-bond donors (Lipinski definition) is 0. The van der Waals surface area contributed by atoms with E-state index >= 15 is 0 Å². The molecule has 0 rings (SSSR count). The summed E-state index contributed by atoms with van der Waals surface area (Å²) in [4.78, 5) is 19.2. The number of unbranched alkanes of at least 4 members (excludes halogenated alkanes) is 1. The maximum absolute atomic E-state index is 9.65. The average molecular weight is 112 g/mol. The highest BCUT2D eigenvalue weighted by Crippen LogP contribution is 1.83. The lowest BCUT2D eigenvalue weighted by molar-refractivity contribution is -0.108. The zero-order valence-electron chi connectivity index (χ0n) is 4.54. The Morgan fingerprint density at radius 2 is 1.88 bits per heavy atom. The van der Waals surface area contributed by atoms with Crippen LogP contribution in [0.5, 0.6) is 0 Å². The van der Waals surface area contributed by atoms with E-state index in [-0.39, 0.29) is 0 Å². The molecule has 0 aromatic rings. The second kappa shape index (κ2) is 6.08. The smallest absolute Gasteiger partial charge is 0.142 e. The molecular formula is C6H8O2. The molecule has 0 aliphatic carbocycles. The van der Waals surface area contributed by atoms with Gasteiger partial charge in [0.1, 0.15) is 12.6 Å². The lowest BCUT2D eigenvalue weighted by Crippen LogP contribution is -1.69. The van der Waals surface area contributed by atoms with Crippen molar-refractivity contribution in [3.63, 3.8) is 0 Å². The van der Waals surface area contributed by atoms with Gasteiger partial charge in [-0.15, -0.1) is 0 Å². The Labute approximate surface area is 48.2 Å². The van der Waals surface area contributed by atoms with Crippen LogP contribution in [0.15, 0.2) is 12.2 Å². The molecule has 0 fully saturated rings. The zero-order valence-corrected chi connectivity index (χ0v) is 4.54. The SMILES string of the molecule is O=CC=CCCC=O. The van der Waals surface area contributed by atoms with Crippen LogP contribution in [0.4, 0.5) is 0 Å². The largest absolute Gasteiger partial charge is 0.303 e. The maximum atomic E-state index is 9.65. The van der Waals surface area contributed by atoms with E-state index in [0.29, 0.717) is 19.1 Å². The van der Waals surface area contributed by atoms with E-state index in [4.69, 9.17) is 0 Å². The van der Waals surface area contributed by atoms with Crippen LogP contribution in [0.1, 0.15) is 12.8 Å². The summed E-state index contributed by atoms with van der Waals surface area (Å²) in [5.74, 6) is 0. The highest BCUT2D eigenvalue weighted by molar-refractivity contribution is 5.64. The van der Waals surface area contributed by atoms with Crippen LogP contribution in [-0.4, -0.2) is 12.6 Å². The minimum atomic E-state index is 0.504. The van der Waals surface area contributed by atoms with Crippen molar-refractivity contribution in [2.24, 2.45) is 0 Å². The Morgan fingerprint density at radius 3 is 2.38 bits per heavy atom. The van der Waals surface area contributed by atoms with Gasteiger partial charge >= 0.3 is 0 Å². The summed E-state index contributed by atoms with van der Waals surface area (Å²) in [5.41, 5.74) is 0. The minimum Gasteiger partial charge on any atom is -0.303 e.